The van der Waals surface area contributed by atoms with Gasteiger partial charge in [-0.3, -0.25) is 0 Å². The zero-order chi connectivity index (χ0) is 18.4. The van der Waals surface area contributed by atoms with Crippen LogP contribution in [0.1, 0.15) is 41.5 Å². The monoisotopic (exact) mass is 328 g/mol. The van der Waals surface area contributed by atoms with E-state index in [1.54, 1.807) is 18.2 Å². The van der Waals surface area contributed by atoms with Gasteiger partial charge in [-0.1, -0.05) is 45.2 Å². The lowest BCUT2D eigenvalue weighted by atomic mass is 9.79. The summed E-state index contributed by atoms with van der Waals surface area (Å²) in [5.74, 6) is 1.38. The first kappa shape index (κ1) is 20.3. The fourth-order valence-electron chi connectivity index (χ4n) is 2.07. The summed E-state index contributed by atoms with van der Waals surface area (Å²) in [6.45, 7) is 19.5. The van der Waals surface area contributed by atoms with Crippen molar-refractivity contribution < 1.29 is 14.0 Å². The van der Waals surface area contributed by atoms with Crippen LogP contribution in [0.2, 0.25) is 0 Å². The molecule has 24 heavy (non-hydrogen) atoms. The van der Waals surface area contributed by atoms with Crippen molar-refractivity contribution in [2.24, 2.45) is 0 Å². The number of hydrogen-bond acceptors (Lipinski definition) is 3. The molecular formula is C20H29BO3. The second-order valence-electron chi connectivity index (χ2n) is 6.27. The van der Waals surface area contributed by atoms with E-state index in [4.69, 9.17) is 14.0 Å². The molecule has 4 heteroatoms. The topological polar surface area (TPSA) is 27.7 Å². The van der Waals surface area contributed by atoms with E-state index in [9.17, 15) is 0 Å². The molecule has 0 radical (unpaired) electrons. The normalized spacial score (nSPS) is 18.4. The van der Waals surface area contributed by atoms with Crippen molar-refractivity contribution in [1.82, 2.24) is 0 Å². The van der Waals surface area contributed by atoms with Gasteiger partial charge in [-0.05, 0) is 57.4 Å². The van der Waals surface area contributed by atoms with Crippen molar-refractivity contribution in [3.63, 3.8) is 0 Å². The van der Waals surface area contributed by atoms with Gasteiger partial charge < -0.3 is 14.0 Å². The van der Waals surface area contributed by atoms with E-state index < -0.39 is 0 Å². The lowest BCUT2D eigenvalue weighted by Crippen LogP contribution is -2.41. The average molecular weight is 328 g/mol. The van der Waals surface area contributed by atoms with Crippen LogP contribution in [0.15, 0.2) is 61.4 Å². The van der Waals surface area contributed by atoms with Crippen LogP contribution in [-0.2, 0) is 9.31 Å². The van der Waals surface area contributed by atoms with Crippen molar-refractivity contribution >= 4 is 12.6 Å². The van der Waals surface area contributed by atoms with Crippen LogP contribution in [0, 0.1) is 0 Å². The summed E-state index contributed by atoms with van der Waals surface area (Å²) in [5.41, 5.74) is 0.296. The number of ether oxygens (including phenoxy) is 1. The smallest absolute Gasteiger partial charge is 0.457 e. The first-order chi connectivity index (χ1) is 11.3. The maximum absolute atomic E-state index is 6.03. The lowest BCUT2D eigenvalue weighted by Gasteiger charge is -2.32. The number of hydrogen-bond donors (Lipinski definition) is 0. The second kappa shape index (κ2) is 8.36. The van der Waals surface area contributed by atoms with Gasteiger partial charge in [0.15, 0.2) is 0 Å². The summed E-state index contributed by atoms with van der Waals surface area (Å²) in [4.78, 5) is 0. The molecule has 0 spiro atoms. The molecule has 1 saturated heterocycles. The van der Waals surface area contributed by atoms with Crippen molar-refractivity contribution in [2.45, 2.75) is 52.7 Å². The molecule has 0 atom stereocenters. The molecule has 2 rings (SSSR count). The fourth-order valence-corrected chi connectivity index (χ4v) is 2.07. The molecule has 1 fully saturated rings. The van der Waals surface area contributed by atoms with Gasteiger partial charge >= 0.3 is 7.12 Å². The van der Waals surface area contributed by atoms with Crippen LogP contribution in [0.4, 0.5) is 0 Å². The van der Waals surface area contributed by atoms with E-state index in [0.717, 1.165) is 11.2 Å². The Labute approximate surface area is 147 Å². The largest absolute Gasteiger partial charge is 0.494 e. The van der Waals surface area contributed by atoms with Crippen LogP contribution in [-0.4, -0.2) is 18.3 Å². The van der Waals surface area contributed by atoms with Crippen molar-refractivity contribution in [1.29, 1.82) is 0 Å². The highest BCUT2D eigenvalue weighted by molar-refractivity contribution is 6.62. The van der Waals surface area contributed by atoms with Gasteiger partial charge in [0, 0.05) is 0 Å². The third kappa shape index (κ3) is 4.62. The molecule has 1 aliphatic rings. The van der Waals surface area contributed by atoms with Crippen LogP contribution in [0.25, 0.3) is 0 Å². The maximum atomic E-state index is 6.03. The highest BCUT2D eigenvalue weighted by Crippen LogP contribution is 2.36. The Bertz CT molecular complexity index is 569. The molecule has 130 valence electrons. The fraction of sp³-hybridized carbons (Fsp3) is 0.400. The molecular weight excluding hydrogens is 299 g/mol. The van der Waals surface area contributed by atoms with E-state index in [-0.39, 0.29) is 18.3 Å². The summed E-state index contributed by atoms with van der Waals surface area (Å²) < 4.78 is 17.7. The van der Waals surface area contributed by atoms with Gasteiger partial charge in [0.05, 0.1) is 11.2 Å². The molecule has 1 aromatic rings. The Morgan fingerprint density at radius 1 is 1.00 bits per heavy atom. The van der Waals surface area contributed by atoms with Crippen molar-refractivity contribution in [2.75, 3.05) is 0 Å². The van der Waals surface area contributed by atoms with Crippen molar-refractivity contribution in [3.8, 4) is 5.75 Å². The molecule has 0 N–H and O–H groups in total. The molecule has 1 aliphatic heterocycles. The van der Waals surface area contributed by atoms with E-state index >= 15 is 0 Å². The third-order valence-electron chi connectivity index (χ3n) is 4.12. The Balaban J connectivity index is 0.00000139. The Kier molecular flexibility index (Phi) is 7.06. The van der Waals surface area contributed by atoms with E-state index in [1.165, 1.54) is 0 Å². The molecule has 0 unspecified atom stereocenters. The Morgan fingerprint density at radius 3 is 1.92 bits per heavy atom. The minimum Gasteiger partial charge on any atom is -0.457 e. The molecule has 3 nitrogen and oxygen atoms in total. The van der Waals surface area contributed by atoms with Gasteiger partial charge in [-0.25, -0.2) is 0 Å². The highest BCUT2D eigenvalue weighted by Gasteiger charge is 2.51. The molecule has 0 amide bonds. The number of allylic oxidation sites excluding steroid dienone is 3. The standard InChI is InChI=1S/C18H23BO3.C2H6/c1-7-9-15(8-2)20-16-12-10-14(11-13-16)19-21-17(3,4)18(5,6)22-19;1-2/h7-13H,1-2H2,3-6H3;1-2H3/b15-9+;. The maximum Gasteiger partial charge on any atom is 0.494 e. The molecule has 1 heterocycles. The first-order valence-corrected chi connectivity index (χ1v) is 8.38. The predicted octanol–water partition coefficient (Wildman–Crippen LogP) is 4.65. The zero-order valence-corrected chi connectivity index (χ0v) is 15.8. The van der Waals surface area contributed by atoms with Crippen LogP contribution in [0.3, 0.4) is 0 Å². The van der Waals surface area contributed by atoms with E-state index in [1.807, 2.05) is 65.8 Å². The summed E-state index contributed by atoms with van der Waals surface area (Å²) >= 11 is 0. The predicted molar refractivity (Wildman–Crippen MR) is 103 cm³/mol. The van der Waals surface area contributed by atoms with Crippen LogP contribution >= 0.6 is 0 Å². The minimum absolute atomic E-state index is 0.338. The lowest BCUT2D eigenvalue weighted by molar-refractivity contribution is 0.00578. The van der Waals surface area contributed by atoms with Crippen LogP contribution < -0.4 is 10.2 Å². The Hall–Kier alpha value is -1.78. The van der Waals surface area contributed by atoms with Gasteiger partial charge in [-0.15, -0.1) is 0 Å². The van der Waals surface area contributed by atoms with Gasteiger partial charge in [-0.2, -0.15) is 0 Å². The summed E-state index contributed by atoms with van der Waals surface area (Å²) in [7, 11) is -0.360. The molecule has 0 aromatic heterocycles. The second-order valence-corrected chi connectivity index (χ2v) is 6.27. The molecule has 0 saturated carbocycles. The molecule has 0 aliphatic carbocycles. The molecule has 1 aromatic carbocycles. The summed E-state index contributed by atoms with van der Waals surface area (Å²) in [6, 6.07) is 7.68. The average Bonchev–Trinajstić information content (AvgIpc) is 2.77. The SMILES string of the molecule is C=C/C=C(\C=C)Oc1ccc(B2OC(C)(C)C(C)(C)O2)cc1.CC. The van der Waals surface area contributed by atoms with Crippen molar-refractivity contribution in [3.05, 3.63) is 61.4 Å². The quantitative estimate of drug-likeness (QED) is 0.447. The number of rotatable bonds is 5. The highest BCUT2D eigenvalue weighted by atomic mass is 16.7. The van der Waals surface area contributed by atoms with Gasteiger partial charge in [0.25, 0.3) is 0 Å². The third-order valence-corrected chi connectivity index (χ3v) is 4.12. The van der Waals surface area contributed by atoms with E-state index in [0.29, 0.717) is 5.76 Å². The summed E-state index contributed by atoms with van der Waals surface area (Å²) in [5, 5.41) is 0. The Morgan fingerprint density at radius 2 is 1.50 bits per heavy atom. The van der Waals surface area contributed by atoms with Gasteiger partial charge in [0.2, 0.25) is 0 Å². The number of benzene rings is 1. The van der Waals surface area contributed by atoms with Crippen LogP contribution in [0.5, 0.6) is 5.75 Å². The van der Waals surface area contributed by atoms with E-state index in [2.05, 4.69) is 13.2 Å². The first-order valence-electron chi connectivity index (χ1n) is 8.38. The minimum atomic E-state index is -0.360. The summed E-state index contributed by atoms with van der Waals surface area (Å²) in [6.07, 6.45) is 5.06. The molecule has 0 bridgehead atoms. The van der Waals surface area contributed by atoms with Gasteiger partial charge in [0.1, 0.15) is 11.5 Å². The zero-order valence-electron chi connectivity index (χ0n) is 15.8.